The highest BCUT2D eigenvalue weighted by atomic mass is 19.4. The maximum absolute atomic E-state index is 13.8. The van der Waals surface area contributed by atoms with Gasteiger partial charge in [-0.05, 0) is 6.92 Å². The van der Waals surface area contributed by atoms with E-state index in [1.165, 1.54) is 0 Å². The van der Waals surface area contributed by atoms with Gasteiger partial charge in [-0.2, -0.15) is 57.1 Å². The van der Waals surface area contributed by atoms with Crippen LogP contribution in [0.15, 0.2) is 0 Å². The van der Waals surface area contributed by atoms with Gasteiger partial charge in [-0.3, -0.25) is 4.74 Å². The van der Waals surface area contributed by atoms with Crippen molar-refractivity contribution in [1.82, 2.24) is 0 Å². The van der Waals surface area contributed by atoms with E-state index >= 15 is 0 Å². The van der Waals surface area contributed by atoms with Crippen molar-refractivity contribution in [2.24, 2.45) is 0 Å². The van der Waals surface area contributed by atoms with Crippen LogP contribution < -0.4 is 0 Å². The van der Waals surface area contributed by atoms with E-state index in [1.54, 1.807) is 0 Å². The van der Waals surface area contributed by atoms with Gasteiger partial charge in [0.15, 0.2) is 0 Å². The van der Waals surface area contributed by atoms with Gasteiger partial charge in [-0.1, -0.05) is 0 Å². The SMILES string of the molecule is CCOCC(F)(OC(OCC(F)(F)F)(C(F)(F)F)C(F)(F)F)C(F)(F)F. The van der Waals surface area contributed by atoms with Gasteiger partial charge in [0.05, 0.1) is 0 Å². The third-order valence-electron chi connectivity index (χ3n) is 2.41. The lowest BCUT2D eigenvalue weighted by molar-refractivity contribution is -0.526. The van der Waals surface area contributed by atoms with E-state index < -0.39 is 56.2 Å². The van der Waals surface area contributed by atoms with Crippen LogP contribution in [-0.2, 0) is 14.2 Å². The van der Waals surface area contributed by atoms with Crippen molar-refractivity contribution in [1.29, 1.82) is 0 Å². The Hall–Kier alpha value is -1.03. The number of alkyl halides is 13. The first-order valence-corrected chi connectivity index (χ1v) is 6.10. The van der Waals surface area contributed by atoms with Gasteiger partial charge in [0.2, 0.25) is 0 Å². The quantitative estimate of drug-likeness (QED) is 0.440. The Labute approximate surface area is 136 Å². The molecule has 1 atom stereocenters. The van der Waals surface area contributed by atoms with Crippen LogP contribution in [-0.4, -0.2) is 56.2 Å². The van der Waals surface area contributed by atoms with Gasteiger partial charge in [0, 0.05) is 6.61 Å². The zero-order valence-electron chi connectivity index (χ0n) is 12.3. The summed E-state index contributed by atoms with van der Waals surface area (Å²) in [5, 5.41) is 0. The lowest BCUT2D eigenvalue weighted by Gasteiger charge is -2.41. The first kappa shape index (κ1) is 25.0. The molecule has 0 aromatic heterocycles. The first-order valence-electron chi connectivity index (χ1n) is 6.10. The highest BCUT2D eigenvalue weighted by molar-refractivity contribution is 4.92. The molecule has 0 aliphatic carbocycles. The topological polar surface area (TPSA) is 27.7 Å². The largest absolute Gasteiger partial charge is 0.453 e. The normalized spacial score (nSPS) is 17.3. The van der Waals surface area contributed by atoms with Crippen LogP contribution in [0.25, 0.3) is 0 Å². The predicted octanol–water partition coefficient (Wildman–Crippen LogP) is 4.67. The smallest absolute Gasteiger partial charge is 0.375 e. The minimum atomic E-state index is -7.08. The highest BCUT2D eigenvalue weighted by Gasteiger charge is 2.79. The summed E-state index contributed by atoms with van der Waals surface area (Å²) in [6.07, 6.45) is -26.6. The summed E-state index contributed by atoms with van der Waals surface area (Å²) >= 11 is 0. The van der Waals surface area contributed by atoms with E-state index in [-0.39, 0.29) is 0 Å². The lowest BCUT2D eigenvalue weighted by Crippen LogP contribution is -2.67. The molecule has 0 aliphatic rings. The molecule has 1 unspecified atom stereocenters. The van der Waals surface area contributed by atoms with E-state index in [2.05, 4.69) is 14.2 Å². The van der Waals surface area contributed by atoms with Gasteiger partial charge in [-0.25, -0.2) is 0 Å². The van der Waals surface area contributed by atoms with Crippen LogP contribution >= 0.6 is 0 Å². The fourth-order valence-corrected chi connectivity index (χ4v) is 1.28. The molecule has 16 heteroatoms. The zero-order chi connectivity index (χ0) is 21.2. The third kappa shape index (κ3) is 5.73. The number of hydrogen-bond acceptors (Lipinski definition) is 3. The second-order valence-corrected chi connectivity index (χ2v) is 4.48. The van der Waals surface area contributed by atoms with Gasteiger partial charge in [0.25, 0.3) is 0 Å². The summed E-state index contributed by atoms with van der Waals surface area (Å²) in [6, 6.07) is 0. The van der Waals surface area contributed by atoms with Crippen molar-refractivity contribution in [2.75, 3.05) is 19.8 Å². The maximum Gasteiger partial charge on any atom is 0.453 e. The fourth-order valence-electron chi connectivity index (χ4n) is 1.28. The van der Waals surface area contributed by atoms with Crippen molar-refractivity contribution >= 4 is 0 Å². The van der Waals surface area contributed by atoms with E-state index in [0.717, 1.165) is 6.92 Å². The Morgan fingerprint density at radius 3 is 1.31 bits per heavy atom. The molecule has 0 amide bonds. The molecule has 0 radical (unpaired) electrons. The molecule has 0 aromatic rings. The molecule has 158 valence electrons. The average molecular weight is 424 g/mol. The molecular weight excluding hydrogens is 415 g/mol. The van der Waals surface area contributed by atoms with Crippen molar-refractivity contribution in [3.63, 3.8) is 0 Å². The van der Waals surface area contributed by atoms with E-state index in [9.17, 15) is 57.1 Å². The fraction of sp³-hybridized carbons (Fsp3) is 1.00. The van der Waals surface area contributed by atoms with Crippen LogP contribution in [0.2, 0.25) is 0 Å². The Morgan fingerprint density at radius 2 is 1.04 bits per heavy atom. The maximum atomic E-state index is 13.8. The number of halogens is 13. The van der Waals surface area contributed by atoms with E-state index in [1.807, 2.05) is 0 Å². The van der Waals surface area contributed by atoms with Crippen molar-refractivity contribution in [3.8, 4) is 0 Å². The second kappa shape index (κ2) is 7.53. The van der Waals surface area contributed by atoms with Crippen LogP contribution in [0, 0.1) is 0 Å². The third-order valence-corrected chi connectivity index (χ3v) is 2.41. The van der Waals surface area contributed by atoms with E-state index in [0.29, 0.717) is 0 Å². The molecule has 26 heavy (non-hydrogen) atoms. The average Bonchev–Trinajstić information content (AvgIpc) is 2.36. The van der Waals surface area contributed by atoms with Crippen LogP contribution in [0.3, 0.4) is 0 Å². The lowest BCUT2D eigenvalue weighted by atomic mass is 10.2. The molecule has 0 fully saturated rings. The van der Waals surface area contributed by atoms with Crippen LogP contribution in [0.5, 0.6) is 0 Å². The number of rotatable bonds is 7. The van der Waals surface area contributed by atoms with Gasteiger partial charge < -0.3 is 9.47 Å². The van der Waals surface area contributed by atoms with Crippen LogP contribution in [0.4, 0.5) is 57.1 Å². The second-order valence-electron chi connectivity index (χ2n) is 4.48. The Morgan fingerprint density at radius 1 is 0.615 bits per heavy atom. The molecular formula is C10H9F13O3. The summed E-state index contributed by atoms with van der Waals surface area (Å²) < 4.78 is 173. The summed E-state index contributed by atoms with van der Waals surface area (Å²) in [6.45, 7) is -5.78. The molecule has 0 aromatic carbocycles. The number of hydrogen-bond donors (Lipinski definition) is 0. The Balaban J connectivity index is 6.28. The molecule has 0 heterocycles. The Bertz CT molecular complexity index is 435. The summed E-state index contributed by atoms with van der Waals surface area (Å²) in [7, 11) is 0. The summed E-state index contributed by atoms with van der Waals surface area (Å²) in [4.78, 5) is 0. The number of ether oxygens (including phenoxy) is 3. The summed E-state index contributed by atoms with van der Waals surface area (Å²) in [5.74, 6) is -12.4. The predicted molar refractivity (Wildman–Crippen MR) is 54.3 cm³/mol. The van der Waals surface area contributed by atoms with E-state index in [4.69, 9.17) is 0 Å². The summed E-state index contributed by atoms with van der Waals surface area (Å²) in [5.41, 5.74) is 0. The van der Waals surface area contributed by atoms with Gasteiger partial charge in [0.1, 0.15) is 13.2 Å². The standard InChI is InChI=1S/C10H9F13O3/c1-2-24-3-5(11,8(15,16)17)26-7(9(18,19)20,10(21,22)23)25-4-6(12,13)14/h2-4H2,1H3. The Kier molecular flexibility index (Phi) is 7.24. The van der Waals surface area contributed by atoms with Gasteiger partial charge in [-0.15, -0.1) is 0 Å². The molecule has 0 spiro atoms. The minimum Gasteiger partial charge on any atom is -0.375 e. The zero-order valence-corrected chi connectivity index (χ0v) is 12.3. The van der Waals surface area contributed by atoms with Crippen molar-refractivity contribution < 1.29 is 71.3 Å². The molecule has 0 N–H and O–H groups in total. The highest BCUT2D eigenvalue weighted by Crippen LogP contribution is 2.52. The first-order chi connectivity index (χ1) is 11.2. The van der Waals surface area contributed by atoms with Gasteiger partial charge >= 0.3 is 36.3 Å². The molecule has 0 saturated heterocycles. The van der Waals surface area contributed by atoms with Crippen molar-refractivity contribution in [3.05, 3.63) is 0 Å². The van der Waals surface area contributed by atoms with Crippen LogP contribution in [0.1, 0.15) is 6.92 Å². The minimum absolute atomic E-state index is 0.806. The molecule has 0 rings (SSSR count). The monoisotopic (exact) mass is 424 g/mol. The molecule has 0 aliphatic heterocycles. The molecule has 0 saturated carbocycles. The molecule has 3 nitrogen and oxygen atoms in total. The van der Waals surface area contributed by atoms with Crippen molar-refractivity contribution in [2.45, 2.75) is 43.3 Å². The molecule has 0 bridgehead atoms.